The minimum Gasteiger partial charge on any atom is -0.328 e. The fourth-order valence-corrected chi connectivity index (χ4v) is 5.14. The normalized spacial score (nSPS) is 30.1. The first kappa shape index (κ1) is 22.6. The summed E-state index contributed by atoms with van der Waals surface area (Å²) in [4.78, 5) is 18.0. The summed E-state index contributed by atoms with van der Waals surface area (Å²) in [5.41, 5.74) is 0. The monoisotopic (exact) mass is 400 g/mol. The molecule has 0 unspecified atom stereocenters. The van der Waals surface area contributed by atoms with Gasteiger partial charge in [-0.05, 0) is 113 Å². The van der Waals surface area contributed by atoms with Gasteiger partial charge >= 0.3 is 13.3 Å². The van der Waals surface area contributed by atoms with Gasteiger partial charge in [0.1, 0.15) is 0 Å². The quantitative estimate of drug-likeness (QED) is 0.433. The Morgan fingerprint density at radius 1 is 0.833 bits per heavy atom. The highest BCUT2D eigenvalue weighted by Gasteiger charge is 2.41. The summed E-state index contributed by atoms with van der Waals surface area (Å²) in [7, 11) is -1.66. The number of carbonyl (C=O) groups excluding carboxylic acids is 1. The lowest BCUT2D eigenvalue weighted by atomic mass is 9.56. The van der Waals surface area contributed by atoms with E-state index in [-0.39, 0.29) is 12.2 Å². The second kappa shape index (κ2) is 11.3. The molecule has 0 saturated heterocycles. The number of halogens is 2. The molecule has 24 heavy (non-hydrogen) atoms. The van der Waals surface area contributed by atoms with E-state index >= 15 is 0 Å². The van der Waals surface area contributed by atoms with Crippen molar-refractivity contribution < 1.29 is 18.7 Å². The molecule has 0 aromatic carbocycles. The zero-order chi connectivity index (χ0) is 18.3. The molecule has 4 saturated carbocycles. The Kier molecular flexibility index (Phi) is 10.7. The molecule has 4 aliphatic rings. The summed E-state index contributed by atoms with van der Waals surface area (Å²) in [5, 5.41) is 0. The molecular weight excluding hydrogens is 370 g/mol. The minimum atomic E-state index is -1.66. The van der Waals surface area contributed by atoms with Crippen molar-refractivity contribution >= 4 is 36.5 Å². The van der Waals surface area contributed by atoms with Gasteiger partial charge < -0.3 is 13.9 Å². The molecule has 0 spiro atoms. The van der Waals surface area contributed by atoms with Crippen LogP contribution in [0.2, 0.25) is 0 Å². The molecule has 7 heteroatoms. The maximum atomic E-state index is 9.01. The van der Waals surface area contributed by atoms with E-state index < -0.39 is 13.3 Å². The zero-order valence-corrected chi connectivity index (χ0v) is 17.5. The van der Waals surface area contributed by atoms with Crippen LogP contribution in [0.5, 0.6) is 0 Å². The maximum Gasteiger partial charge on any atom is 0.330 e. The standard InChI is InChI=1S/C10H16.C6H15O3P.CCl2O/c1-7-2-9-4-8(1)5-10(3-7)6-9;1-5(2)8-10(7)9-6(3)4;2-1(3)4/h7-10H,1-6H2;5-7H,1-4H3;. The average Bonchev–Trinajstić information content (AvgIpc) is 2.34. The van der Waals surface area contributed by atoms with Crippen molar-refractivity contribution in [3.05, 3.63) is 0 Å². The van der Waals surface area contributed by atoms with Gasteiger partial charge in [0.05, 0.1) is 12.2 Å². The molecule has 4 rings (SSSR count). The van der Waals surface area contributed by atoms with Gasteiger partial charge in [-0.1, -0.05) is 0 Å². The predicted molar refractivity (Wildman–Crippen MR) is 100 cm³/mol. The fourth-order valence-electron chi connectivity index (χ4n) is 4.37. The van der Waals surface area contributed by atoms with Gasteiger partial charge in [-0.2, -0.15) is 0 Å². The van der Waals surface area contributed by atoms with Crippen molar-refractivity contribution in [1.82, 2.24) is 0 Å². The summed E-state index contributed by atoms with van der Waals surface area (Å²) in [6, 6.07) is 0. The topological polar surface area (TPSA) is 55.8 Å². The van der Waals surface area contributed by atoms with Crippen LogP contribution in [-0.4, -0.2) is 21.8 Å². The molecule has 0 aromatic rings. The highest BCUT2D eigenvalue weighted by Crippen LogP contribution is 2.53. The van der Waals surface area contributed by atoms with Crippen molar-refractivity contribution in [3.63, 3.8) is 0 Å². The number of rotatable bonds is 4. The van der Waals surface area contributed by atoms with Crippen LogP contribution in [0.25, 0.3) is 0 Å². The van der Waals surface area contributed by atoms with Crippen LogP contribution in [-0.2, 0) is 9.05 Å². The number of hydrogen-bond acceptors (Lipinski definition) is 4. The lowest BCUT2D eigenvalue weighted by Gasteiger charge is -2.49. The van der Waals surface area contributed by atoms with Crippen LogP contribution >= 0.6 is 31.8 Å². The minimum absolute atomic E-state index is 0.0230. The maximum absolute atomic E-state index is 9.01. The highest BCUT2D eigenvalue weighted by molar-refractivity contribution is 7.40. The van der Waals surface area contributed by atoms with E-state index in [1.54, 1.807) is 38.5 Å². The molecule has 1 N–H and O–H groups in total. The van der Waals surface area contributed by atoms with Crippen LogP contribution in [0.3, 0.4) is 0 Å². The van der Waals surface area contributed by atoms with Crippen LogP contribution in [0.15, 0.2) is 0 Å². The molecule has 0 atom stereocenters. The third-order valence-electron chi connectivity index (χ3n) is 4.60. The second-order valence-electron chi connectivity index (χ2n) is 7.65. The largest absolute Gasteiger partial charge is 0.330 e. The predicted octanol–water partition coefficient (Wildman–Crippen LogP) is 6.47. The molecule has 4 bridgehead atoms. The Hall–Kier alpha value is 0.560. The number of hydrogen-bond donors (Lipinski definition) is 1. The third-order valence-corrected chi connectivity index (χ3v) is 5.81. The van der Waals surface area contributed by atoms with E-state index in [0.717, 1.165) is 0 Å². The van der Waals surface area contributed by atoms with E-state index in [9.17, 15) is 0 Å². The Morgan fingerprint density at radius 2 is 1.04 bits per heavy atom. The summed E-state index contributed by atoms with van der Waals surface area (Å²) in [5.74, 6) is 4.71. The fraction of sp³-hybridized carbons (Fsp3) is 0.941. The van der Waals surface area contributed by atoms with Gasteiger partial charge in [0.15, 0.2) is 0 Å². The molecule has 0 aromatic heterocycles. The molecule has 0 amide bonds. The molecule has 4 fully saturated rings. The van der Waals surface area contributed by atoms with Crippen molar-refractivity contribution in [1.29, 1.82) is 0 Å². The second-order valence-corrected chi connectivity index (χ2v) is 9.43. The van der Waals surface area contributed by atoms with Crippen molar-refractivity contribution in [2.45, 2.75) is 78.4 Å². The van der Waals surface area contributed by atoms with E-state index in [4.69, 9.17) is 18.7 Å². The smallest absolute Gasteiger partial charge is 0.328 e. The molecule has 4 nitrogen and oxygen atoms in total. The molecular formula is C17H31Cl2O4P. The summed E-state index contributed by atoms with van der Waals surface area (Å²) < 4.78 is 9.03. The summed E-state index contributed by atoms with van der Waals surface area (Å²) in [6.07, 6.45) is 9.67. The van der Waals surface area contributed by atoms with Gasteiger partial charge in [0, 0.05) is 0 Å². The van der Waals surface area contributed by atoms with E-state index in [0.29, 0.717) is 0 Å². The Bertz CT molecular complexity index is 309. The van der Waals surface area contributed by atoms with Crippen LogP contribution in [0, 0.1) is 23.7 Å². The third kappa shape index (κ3) is 9.89. The van der Waals surface area contributed by atoms with Crippen LogP contribution < -0.4 is 0 Å². The van der Waals surface area contributed by atoms with Crippen LogP contribution in [0.1, 0.15) is 66.2 Å². The Morgan fingerprint density at radius 3 is 1.21 bits per heavy atom. The Balaban J connectivity index is 0.000000198. The Labute approximate surface area is 157 Å². The summed E-state index contributed by atoms with van der Waals surface area (Å²) in [6.45, 7) is 7.43. The van der Waals surface area contributed by atoms with Crippen molar-refractivity contribution in [3.8, 4) is 0 Å². The van der Waals surface area contributed by atoms with Gasteiger partial charge in [-0.3, -0.25) is 4.79 Å². The highest BCUT2D eigenvalue weighted by atomic mass is 35.5. The van der Waals surface area contributed by atoms with Crippen molar-refractivity contribution in [2.24, 2.45) is 23.7 Å². The summed E-state index contributed by atoms with van der Waals surface area (Å²) >= 11 is 8.80. The van der Waals surface area contributed by atoms with Crippen molar-refractivity contribution in [2.75, 3.05) is 0 Å². The first-order chi connectivity index (χ1) is 11.2. The van der Waals surface area contributed by atoms with Gasteiger partial charge in [0.25, 0.3) is 0 Å². The van der Waals surface area contributed by atoms with E-state index in [1.807, 2.05) is 27.7 Å². The lowest BCUT2D eigenvalue weighted by molar-refractivity contribution is 0.0198. The first-order valence-corrected chi connectivity index (χ1v) is 10.7. The zero-order valence-electron chi connectivity index (χ0n) is 15.1. The van der Waals surface area contributed by atoms with E-state index in [1.165, 1.54) is 23.7 Å². The number of carbonyl (C=O) groups is 1. The van der Waals surface area contributed by atoms with Gasteiger partial charge in [0.2, 0.25) is 0 Å². The van der Waals surface area contributed by atoms with Gasteiger partial charge in [-0.25, -0.2) is 0 Å². The first-order valence-electron chi connectivity index (χ1n) is 8.83. The average molecular weight is 401 g/mol. The van der Waals surface area contributed by atoms with Crippen LogP contribution in [0.4, 0.5) is 4.79 Å². The molecule has 0 aliphatic heterocycles. The molecule has 4 aliphatic carbocycles. The van der Waals surface area contributed by atoms with E-state index in [2.05, 4.69) is 23.2 Å². The molecule has 0 heterocycles. The molecule has 142 valence electrons. The molecule has 0 radical (unpaired) electrons. The van der Waals surface area contributed by atoms with Gasteiger partial charge in [-0.15, -0.1) is 0 Å². The SMILES string of the molecule is C1C2CC3CC1CC(C2)C3.CC(C)OP(O)OC(C)C.O=C(Cl)Cl. The lowest BCUT2D eigenvalue weighted by Crippen LogP contribution is -2.38.